The van der Waals surface area contributed by atoms with Gasteiger partial charge in [-0.2, -0.15) is 0 Å². The molecular weight excluding hydrogens is 430 g/mol. The molecule has 0 atom stereocenters. The Morgan fingerprint density at radius 3 is 2.61 bits per heavy atom. The number of carbonyl (C=O) groups is 1. The van der Waals surface area contributed by atoms with E-state index in [2.05, 4.69) is 26.6 Å². The Balaban J connectivity index is 1.58. The average Bonchev–Trinajstić information content (AvgIpc) is 3.19. The molecule has 0 unspecified atom stereocenters. The minimum absolute atomic E-state index is 0.144. The number of nitrogens with zero attached hydrogens (tertiary/aromatic N) is 4. The third kappa shape index (κ3) is 4.95. The number of nitrogens with one attached hydrogen (secondary N) is 1. The van der Waals surface area contributed by atoms with Gasteiger partial charge in [-0.1, -0.05) is 41.6 Å². The van der Waals surface area contributed by atoms with Crippen LogP contribution in [0, 0.1) is 13.8 Å². The summed E-state index contributed by atoms with van der Waals surface area (Å²) < 4.78 is 1.96. The van der Waals surface area contributed by atoms with Gasteiger partial charge in [-0.25, -0.2) is 0 Å². The summed E-state index contributed by atoms with van der Waals surface area (Å²) in [6, 6.07) is 17.3. The van der Waals surface area contributed by atoms with Crippen molar-refractivity contribution in [3.63, 3.8) is 0 Å². The van der Waals surface area contributed by atoms with E-state index in [-0.39, 0.29) is 11.7 Å². The Morgan fingerprint density at radius 1 is 1.06 bits per heavy atom. The maximum atomic E-state index is 12.5. The number of hydrogen-bond donors (Lipinski definition) is 1. The maximum absolute atomic E-state index is 12.5. The molecule has 6 nitrogen and oxygen atoms in total. The van der Waals surface area contributed by atoms with E-state index in [0.29, 0.717) is 21.7 Å². The first-order chi connectivity index (χ1) is 15.0. The summed E-state index contributed by atoms with van der Waals surface area (Å²) >= 11 is 7.48. The van der Waals surface area contributed by atoms with Gasteiger partial charge >= 0.3 is 0 Å². The zero-order valence-electron chi connectivity index (χ0n) is 17.0. The summed E-state index contributed by atoms with van der Waals surface area (Å²) in [5.74, 6) is 0.738. The normalized spacial score (nSPS) is 10.8. The van der Waals surface area contributed by atoms with Crippen LogP contribution >= 0.6 is 23.4 Å². The van der Waals surface area contributed by atoms with Crippen LogP contribution in [0.4, 0.5) is 5.69 Å². The third-order valence-corrected chi connectivity index (χ3v) is 5.96. The van der Waals surface area contributed by atoms with Crippen molar-refractivity contribution >= 4 is 35.0 Å². The molecule has 2 heterocycles. The van der Waals surface area contributed by atoms with E-state index in [1.807, 2.05) is 60.9 Å². The smallest absolute Gasteiger partial charge is 0.234 e. The molecule has 156 valence electrons. The lowest BCUT2D eigenvalue weighted by molar-refractivity contribution is -0.113. The molecule has 4 aromatic rings. The van der Waals surface area contributed by atoms with Gasteiger partial charge in [0.05, 0.1) is 5.75 Å². The maximum Gasteiger partial charge on any atom is 0.234 e. The van der Waals surface area contributed by atoms with Crippen LogP contribution in [0.1, 0.15) is 11.1 Å². The molecule has 0 aliphatic heterocycles. The first-order valence-corrected chi connectivity index (χ1v) is 11.0. The van der Waals surface area contributed by atoms with Crippen LogP contribution < -0.4 is 5.32 Å². The Bertz CT molecular complexity index is 1230. The minimum Gasteiger partial charge on any atom is -0.325 e. The van der Waals surface area contributed by atoms with Gasteiger partial charge in [0.15, 0.2) is 11.0 Å². The van der Waals surface area contributed by atoms with Gasteiger partial charge in [-0.15, -0.1) is 10.2 Å². The summed E-state index contributed by atoms with van der Waals surface area (Å²) in [4.78, 5) is 16.6. The molecule has 0 radical (unpaired) electrons. The lowest BCUT2D eigenvalue weighted by Crippen LogP contribution is -2.14. The summed E-state index contributed by atoms with van der Waals surface area (Å²) in [6.45, 7) is 3.95. The van der Waals surface area contributed by atoms with Crippen LogP contribution in [-0.2, 0) is 4.79 Å². The molecule has 8 heteroatoms. The van der Waals surface area contributed by atoms with Gasteiger partial charge in [0, 0.05) is 34.4 Å². The van der Waals surface area contributed by atoms with Crippen LogP contribution in [0.2, 0.25) is 5.02 Å². The fourth-order valence-electron chi connectivity index (χ4n) is 3.05. The van der Waals surface area contributed by atoms with Crippen molar-refractivity contribution in [2.45, 2.75) is 19.0 Å². The number of aryl methyl sites for hydroxylation is 2. The van der Waals surface area contributed by atoms with Crippen LogP contribution in [0.5, 0.6) is 0 Å². The van der Waals surface area contributed by atoms with Crippen molar-refractivity contribution in [3.8, 4) is 17.1 Å². The van der Waals surface area contributed by atoms with Crippen molar-refractivity contribution in [2.75, 3.05) is 11.1 Å². The largest absolute Gasteiger partial charge is 0.325 e. The molecule has 0 bridgehead atoms. The molecule has 1 amide bonds. The Hall–Kier alpha value is -3.16. The van der Waals surface area contributed by atoms with Crippen LogP contribution in [0.25, 0.3) is 17.1 Å². The number of amides is 1. The molecule has 0 aliphatic carbocycles. The highest BCUT2D eigenvalue weighted by Gasteiger charge is 2.17. The van der Waals surface area contributed by atoms with E-state index >= 15 is 0 Å². The zero-order valence-corrected chi connectivity index (χ0v) is 18.6. The van der Waals surface area contributed by atoms with E-state index in [1.165, 1.54) is 11.8 Å². The number of aromatic nitrogens is 4. The number of rotatable bonds is 6. The second-order valence-electron chi connectivity index (χ2n) is 7.02. The quantitative estimate of drug-likeness (QED) is 0.403. The number of benzene rings is 2. The van der Waals surface area contributed by atoms with Gasteiger partial charge in [0.2, 0.25) is 5.91 Å². The number of anilines is 1. The van der Waals surface area contributed by atoms with Crippen molar-refractivity contribution in [1.29, 1.82) is 0 Å². The Labute approximate surface area is 189 Å². The van der Waals surface area contributed by atoms with Crippen molar-refractivity contribution in [2.24, 2.45) is 0 Å². The summed E-state index contributed by atoms with van der Waals surface area (Å²) in [7, 11) is 0. The van der Waals surface area contributed by atoms with E-state index in [4.69, 9.17) is 11.6 Å². The second-order valence-corrected chi connectivity index (χ2v) is 8.37. The zero-order chi connectivity index (χ0) is 21.8. The minimum atomic E-state index is -0.144. The number of halogens is 1. The van der Waals surface area contributed by atoms with Crippen molar-refractivity contribution in [1.82, 2.24) is 19.7 Å². The van der Waals surface area contributed by atoms with Gasteiger partial charge in [-0.3, -0.25) is 14.3 Å². The molecule has 0 saturated carbocycles. The SMILES string of the molecule is Cc1cccc(-n2c(SCC(=O)Nc3ccc(C)c(Cl)c3)nnc2-c2ccncc2)c1. The second kappa shape index (κ2) is 9.32. The average molecular weight is 450 g/mol. The van der Waals surface area contributed by atoms with E-state index in [1.54, 1.807) is 18.5 Å². The van der Waals surface area contributed by atoms with Gasteiger partial charge in [0.25, 0.3) is 0 Å². The summed E-state index contributed by atoms with van der Waals surface area (Å²) in [5, 5.41) is 12.9. The summed E-state index contributed by atoms with van der Waals surface area (Å²) in [6.07, 6.45) is 3.44. The molecule has 0 spiro atoms. The van der Waals surface area contributed by atoms with E-state index < -0.39 is 0 Å². The highest BCUT2D eigenvalue weighted by molar-refractivity contribution is 7.99. The predicted octanol–water partition coefficient (Wildman–Crippen LogP) is 5.33. The van der Waals surface area contributed by atoms with E-state index in [0.717, 1.165) is 22.4 Å². The summed E-state index contributed by atoms with van der Waals surface area (Å²) in [5.41, 5.74) is 4.58. The van der Waals surface area contributed by atoms with E-state index in [9.17, 15) is 4.79 Å². The molecule has 0 saturated heterocycles. The molecule has 2 aromatic carbocycles. The molecule has 0 aliphatic rings. The molecule has 0 fully saturated rings. The topological polar surface area (TPSA) is 72.7 Å². The molecule has 1 N–H and O–H groups in total. The fourth-order valence-corrected chi connectivity index (χ4v) is 3.98. The van der Waals surface area contributed by atoms with Gasteiger partial charge < -0.3 is 5.32 Å². The molecule has 31 heavy (non-hydrogen) atoms. The van der Waals surface area contributed by atoms with Gasteiger partial charge in [0.1, 0.15) is 0 Å². The number of thioether (sulfide) groups is 1. The lowest BCUT2D eigenvalue weighted by Gasteiger charge is -2.11. The predicted molar refractivity (Wildman–Crippen MR) is 125 cm³/mol. The first-order valence-electron chi connectivity index (χ1n) is 9.63. The van der Waals surface area contributed by atoms with Crippen LogP contribution in [0.3, 0.4) is 0 Å². The van der Waals surface area contributed by atoms with Crippen LogP contribution in [0.15, 0.2) is 72.1 Å². The van der Waals surface area contributed by atoms with Crippen molar-refractivity contribution in [3.05, 3.63) is 83.1 Å². The number of hydrogen-bond acceptors (Lipinski definition) is 5. The third-order valence-electron chi connectivity index (χ3n) is 4.62. The standard InChI is InChI=1S/C23H20ClN5OS/c1-15-4-3-5-19(12-15)29-22(17-8-10-25-11-9-17)27-28-23(29)31-14-21(30)26-18-7-6-16(2)20(24)13-18/h3-13H,14H2,1-2H3,(H,26,30). The Kier molecular flexibility index (Phi) is 6.34. The molecule has 4 rings (SSSR count). The Morgan fingerprint density at radius 2 is 1.87 bits per heavy atom. The fraction of sp³-hybridized carbons (Fsp3) is 0.130. The number of carbonyl (C=O) groups excluding carboxylic acids is 1. The lowest BCUT2D eigenvalue weighted by atomic mass is 10.2. The highest BCUT2D eigenvalue weighted by atomic mass is 35.5. The molecule has 2 aromatic heterocycles. The van der Waals surface area contributed by atoms with Gasteiger partial charge in [-0.05, 0) is 61.4 Å². The van der Waals surface area contributed by atoms with Crippen molar-refractivity contribution < 1.29 is 4.79 Å². The molecular formula is C23H20ClN5OS. The monoisotopic (exact) mass is 449 g/mol. The first kappa shape index (κ1) is 21.1. The highest BCUT2D eigenvalue weighted by Crippen LogP contribution is 2.28. The number of pyridine rings is 1. The van der Waals surface area contributed by atoms with Crippen LogP contribution in [-0.4, -0.2) is 31.4 Å².